The maximum Gasteiger partial charge on any atom is 0.275 e. The molecule has 1 aromatic heterocycles. The number of hydrogen-bond donors (Lipinski definition) is 1. The third kappa shape index (κ3) is 6.36. The van der Waals surface area contributed by atoms with E-state index in [2.05, 4.69) is 15.3 Å². The number of benzene rings is 2. The number of aromatic nitrogens is 2. The van der Waals surface area contributed by atoms with Gasteiger partial charge in [-0.1, -0.05) is 55.1 Å². The van der Waals surface area contributed by atoms with Gasteiger partial charge in [-0.25, -0.2) is 4.98 Å². The minimum absolute atomic E-state index is 0.0977. The second-order valence-electron chi connectivity index (χ2n) is 8.67. The van der Waals surface area contributed by atoms with Crippen LogP contribution in [-0.2, 0) is 11.3 Å². The van der Waals surface area contributed by atoms with Gasteiger partial charge in [0.2, 0.25) is 5.91 Å². The smallest absolute Gasteiger partial charge is 0.275 e. The van der Waals surface area contributed by atoms with Gasteiger partial charge in [0.25, 0.3) is 5.91 Å². The Hall–Kier alpha value is -3.45. The van der Waals surface area contributed by atoms with Crippen LogP contribution in [0.15, 0.2) is 67.1 Å². The van der Waals surface area contributed by atoms with E-state index in [1.54, 1.807) is 36.3 Å². The summed E-state index contributed by atoms with van der Waals surface area (Å²) in [6, 6.07) is 13.7. The van der Waals surface area contributed by atoms with Crippen molar-refractivity contribution >= 4 is 23.4 Å². The van der Waals surface area contributed by atoms with Crippen molar-refractivity contribution in [3.63, 3.8) is 0 Å². The van der Waals surface area contributed by atoms with Gasteiger partial charge >= 0.3 is 0 Å². The normalized spacial score (nSPS) is 14.7. The molecule has 1 saturated carbocycles. The molecule has 3 aromatic rings. The van der Waals surface area contributed by atoms with E-state index in [1.807, 2.05) is 24.3 Å². The van der Waals surface area contributed by atoms with Crippen molar-refractivity contribution in [3.05, 3.63) is 89.0 Å². The summed E-state index contributed by atoms with van der Waals surface area (Å²) < 4.78 is 5.27. The maximum atomic E-state index is 13.8. The van der Waals surface area contributed by atoms with Gasteiger partial charge in [-0.3, -0.25) is 14.6 Å². The lowest BCUT2D eigenvalue weighted by Gasteiger charge is -2.33. The summed E-state index contributed by atoms with van der Waals surface area (Å²) in [5.41, 5.74) is 1.70. The van der Waals surface area contributed by atoms with Crippen molar-refractivity contribution in [2.75, 3.05) is 7.11 Å². The third-order valence-corrected chi connectivity index (χ3v) is 6.50. The van der Waals surface area contributed by atoms with Gasteiger partial charge in [-0.2, -0.15) is 0 Å². The van der Waals surface area contributed by atoms with Gasteiger partial charge in [-0.05, 0) is 48.2 Å². The topological polar surface area (TPSA) is 84.4 Å². The molecular weight excluding hydrogens is 464 g/mol. The minimum Gasteiger partial charge on any atom is -0.497 e. The van der Waals surface area contributed by atoms with E-state index in [0.29, 0.717) is 16.3 Å². The molecule has 182 valence electrons. The second-order valence-corrected chi connectivity index (χ2v) is 9.11. The van der Waals surface area contributed by atoms with Crippen molar-refractivity contribution in [2.45, 2.75) is 50.7 Å². The number of carbonyl (C=O) groups excluding carboxylic acids is 2. The highest BCUT2D eigenvalue weighted by Gasteiger charge is 2.34. The van der Waals surface area contributed by atoms with Crippen LogP contribution in [0.3, 0.4) is 0 Å². The van der Waals surface area contributed by atoms with Gasteiger partial charge in [0.15, 0.2) is 0 Å². The predicted molar refractivity (Wildman–Crippen MR) is 134 cm³/mol. The van der Waals surface area contributed by atoms with E-state index < -0.39 is 6.04 Å². The summed E-state index contributed by atoms with van der Waals surface area (Å²) in [4.78, 5) is 37.3. The lowest BCUT2D eigenvalue weighted by molar-refractivity contribution is -0.127. The first-order chi connectivity index (χ1) is 17.0. The monoisotopic (exact) mass is 492 g/mol. The summed E-state index contributed by atoms with van der Waals surface area (Å²) in [6.07, 6.45) is 9.64. The minimum atomic E-state index is -0.870. The van der Waals surface area contributed by atoms with Gasteiger partial charge in [0.05, 0.1) is 13.3 Å². The number of amides is 2. The molecule has 1 N–H and O–H groups in total. The van der Waals surface area contributed by atoms with Crippen LogP contribution in [0.2, 0.25) is 5.02 Å². The highest BCUT2D eigenvalue weighted by molar-refractivity contribution is 6.30. The Balaban J connectivity index is 1.72. The first kappa shape index (κ1) is 24.7. The van der Waals surface area contributed by atoms with Gasteiger partial charge < -0.3 is 15.0 Å². The molecule has 2 amide bonds. The number of carbonyl (C=O) groups is 2. The molecule has 0 bridgehead atoms. The number of halogens is 1. The van der Waals surface area contributed by atoms with Crippen molar-refractivity contribution in [2.24, 2.45) is 0 Å². The lowest BCUT2D eigenvalue weighted by atomic mass is 9.94. The molecule has 0 saturated heterocycles. The fourth-order valence-electron chi connectivity index (χ4n) is 4.41. The Kier molecular flexibility index (Phi) is 8.32. The fourth-order valence-corrected chi connectivity index (χ4v) is 4.54. The van der Waals surface area contributed by atoms with Crippen LogP contribution >= 0.6 is 11.6 Å². The zero-order chi connectivity index (χ0) is 24.6. The molecule has 1 atom stereocenters. The summed E-state index contributed by atoms with van der Waals surface area (Å²) in [6.45, 7) is 0.199. The van der Waals surface area contributed by atoms with Crippen LogP contribution in [0.5, 0.6) is 5.75 Å². The average molecular weight is 493 g/mol. The molecule has 4 rings (SSSR count). The van der Waals surface area contributed by atoms with Crippen molar-refractivity contribution in [1.29, 1.82) is 0 Å². The van der Waals surface area contributed by atoms with E-state index in [1.165, 1.54) is 25.0 Å². The number of nitrogens with zero attached hydrogens (tertiary/aromatic N) is 3. The molecule has 0 radical (unpaired) electrons. The van der Waals surface area contributed by atoms with Crippen molar-refractivity contribution in [3.8, 4) is 5.75 Å². The molecular formula is C27H29ClN4O3. The quantitative estimate of drug-likeness (QED) is 0.480. The first-order valence-electron chi connectivity index (χ1n) is 11.8. The summed E-state index contributed by atoms with van der Waals surface area (Å²) >= 11 is 6.14. The zero-order valence-corrected chi connectivity index (χ0v) is 20.4. The molecule has 1 fully saturated rings. The van der Waals surface area contributed by atoms with Crippen LogP contribution in [0.1, 0.15) is 59.8 Å². The Labute approximate surface area is 210 Å². The Morgan fingerprint density at radius 3 is 2.40 bits per heavy atom. The van der Waals surface area contributed by atoms with Crippen molar-refractivity contribution in [1.82, 2.24) is 20.2 Å². The summed E-state index contributed by atoms with van der Waals surface area (Å²) in [7, 11) is 1.60. The summed E-state index contributed by atoms with van der Waals surface area (Å²) in [5, 5.41) is 3.76. The Morgan fingerprint density at radius 2 is 1.77 bits per heavy atom. The Morgan fingerprint density at radius 1 is 1.06 bits per heavy atom. The van der Waals surface area contributed by atoms with E-state index in [9.17, 15) is 9.59 Å². The number of methoxy groups -OCH3 is 1. The van der Waals surface area contributed by atoms with Gasteiger partial charge in [0, 0.05) is 30.0 Å². The number of hydrogen-bond acceptors (Lipinski definition) is 5. The second kappa shape index (κ2) is 11.8. The van der Waals surface area contributed by atoms with E-state index in [0.717, 1.165) is 31.2 Å². The van der Waals surface area contributed by atoms with E-state index in [4.69, 9.17) is 16.3 Å². The Bertz CT molecular complexity index is 1120. The molecule has 35 heavy (non-hydrogen) atoms. The first-order valence-corrected chi connectivity index (χ1v) is 12.2. The maximum absolute atomic E-state index is 13.8. The molecule has 2 aromatic carbocycles. The highest BCUT2D eigenvalue weighted by Crippen LogP contribution is 2.28. The molecule has 1 aliphatic rings. The molecule has 1 unspecified atom stereocenters. The summed E-state index contributed by atoms with van der Waals surface area (Å²) in [5.74, 6) is 0.113. The van der Waals surface area contributed by atoms with Crippen LogP contribution in [0.4, 0.5) is 0 Å². The predicted octanol–water partition coefficient (Wildman–Crippen LogP) is 4.97. The number of rotatable bonds is 8. The standard InChI is InChI=1S/C27H29ClN4O3/c1-35-23-13-7-19(8-14-23)18-32(27(34)24-17-29-15-16-30-24)25(20-9-11-21(28)12-10-20)26(33)31-22-5-3-2-4-6-22/h7-17,22,25H,2-6,18H2,1H3,(H,31,33). The SMILES string of the molecule is COc1ccc(CN(C(=O)c2cnccn2)C(C(=O)NC2CCCCC2)c2ccc(Cl)cc2)cc1. The van der Waals surface area contributed by atoms with Gasteiger partial charge in [0.1, 0.15) is 17.5 Å². The highest BCUT2D eigenvalue weighted by atomic mass is 35.5. The number of ether oxygens (including phenoxy) is 1. The van der Waals surface area contributed by atoms with Gasteiger partial charge in [-0.15, -0.1) is 0 Å². The third-order valence-electron chi connectivity index (χ3n) is 6.25. The zero-order valence-electron chi connectivity index (χ0n) is 19.7. The molecule has 1 heterocycles. The van der Waals surface area contributed by atoms with E-state index >= 15 is 0 Å². The average Bonchev–Trinajstić information content (AvgIpc) is 2.90. The molecule has 0 aliphatic heterocycles. The molecule has 8 heteroatoms. The van der Waals surface area contributed by atoms with Crippen LogP contribution < -0.4 is 10.1 Å². The molecule has 7 nitrogen and oxygen atoms in total. The number of nitrogens with one attached hydrogen (secondary N) is 1. The van der Waals surface area contributed by atoms with E-state index in [-0.39, 0.29) is 30.1 Å². The molecule has 0 spiro atoms. The van der Waals surface area contributed by atoms with Crippen LogP contribution in [-0.4, -0.2) is 39.8 Å². The van der Waals surface area contributed by atoms with Crippen LogP contribution in [0.25, 0.3) is 0 Å². The fraction of sp³-hybridized carbons (Fsp3) is 0.333. The van der Waals surface area contributed by atoms with Crippen molar-refractivity contribution < 1.29 is 14.3 Å². The van der Waals surface area contributed by atoms with Crippen LogP contribution in [0, 0.1) is 0 Å². The largest absolute Gasteiger partial charge is 0.497 e. The molecule has 1 aliphatic carbocycles. The lowest BCUT2D eigenvalue weighted by Crippen LogP contribution is -2.47.